The fraction of sp³-hybridized carbons (Fsp3) is 0.875. The van der Waals surface area contributed by atoms with Crippen LogP contribution in [0.1, 0.15) is 19.3 Å². The topological polar surface area (TPSA) is 23.5 Å². The molecule has 0 spiro atoms. The van der Waals surface area contributed by atoms with Crippen molar-refractivity contribution in [3.63, 3.8) is 0 Å². The summed E-state index contributed by atoms with van der Waals surface area (Å²) in [5.41, 5.74) is 0.163. The maximum atomic E-state index is 9.29. The summed E-state index contributed by atoms with van der Waals surface area (Å²) >= 11 is 2.42. The summed E-state index contributed by atoms with van der Waals surface area (Å²) < 4.78 is 1.51. The van der Waals surface area contributed by atoms with Crippen LogP contribution < -0.4 is 0 Å². The van der Waals surface area contributed by atoms with Gasteiger partial charge in [0.25, 0.3) is 0 Å². The molecule has 2 fully saturated rings. The van der Waals surface area contributed by atoms with Crippen LogP contribution in [0.15, 0.2) is 0 Å². The van der Waals surface area contributed by atoms with Crippen LogP contribution in [0.2, 0.25) is 0 Å². The van der Waals surface area contributed by atoms with Gasteiger partial charge in [0.15, 0.2) is 0 Å². The Bertz CT molecular complexity index is 169. The van der Waals surface area contributed by atoms with Gasteiger partial charge >= 0.3 is 19.5 Å². The van der Waals surface area contributed by atoms with E-state index in [-0.39, 0.29) is 25.0 Å². The number of aliphatic hydroxyl groups is 1. The Morgan fingerprint density at radius 1 is 1.58 bits per heavy atom. The van der Waals surface area contributed by atoms with Crippen molar-refractivity contribution >= 4 is 22.6 Å². The zero-order chi connectivity index (χ0) is 7.90. The maximum absolute atomic E-state index is 9.29. The third-order valence-corrected chi connectivity index (χ3v) is 3.64. The number of rotatable bonds is 1. The van der Waals surface area contributed by atoms with Crippen molar-refractivity contribution in [2.24, 2.45) is 0 Å². The molecule has 1 atom stereocenters. The summed E-state index contributed by atoms with van der Waals surface area (Å²) in [7, 11) is 0. The molecule has 0 aromatic rings. The van der Waals surface area contributed by atoms with Crippen LogP contribution in [-0.2, 0) is 19.5 Å². The summed E-state index contributed by atoms with van der Waals surface area (Å²) in [6, 6.07) is 0. The predicted octanol–water partition coefficient (Wildman–Crippen LogP) is 1.18. The predicted molar refractivity (Wildman–Crippen MR) is 52.5 cm³/mol. The van der Waals surface area contributed by atoms with Gasteiger partial charge < -0.3 is 32.6 Å². The van der Waals surface area contributed by atoms with Crippen LogP contribution in [0, 0.1) is 3.92 Å². The summed E-state index contributed by atoms with van der Waals surface area (Å²) in [6.07, 6.45) is 3.57. The average molecular weight is 367 g/mol. The molecule has 4 heteroatoms. The molecule has 0 aromatic heterocycles. The van der Waals surface area contributed by atoms with Crippen molar-refractivity contribution in [2.45, 2.75) is 24.8 Å². The smallest absolute Gasteiger partial charge is 0.395 e. The van der Waals surface area contributed by atoms with Crippen LogP contribution in [0.5, 0.6) is 0 Å². The maximum Gasteiger partial charge on any atom is 1.00 e. The second kappa shape index (κ2) is 4.20. The van der Waals surface area contributed by atoms with E-state index in [2.05, 4.69) is 27.5 Å². The van der Waals surface area contributed by atoms with Crippen molar-refractivity contribution in [1.29, 1.82) is 0 Å². The van der Waals surface area contributed by atoms with Crippen LogP contribution in [0.4, 0.5) is 0 Å². The number of hydrogen-bond acceptors (Lipinski definition) is 2. The van der Waals surface area contributed by atoms with E-state index in [1.165, 1.54) is 23.3 Å². The molecule has 2 nitrogen and oxygen atoms in total. The summed E-state index contributed by atoms with van der Waals surface area (Å²) in [6.45, 7) is 2.65. The van der Waals surface area contributed by atoms with Gasteiger partial charge in [0.2, 0.25) is 0 Å². The van der Waals surface area contributed by atoms with Gasteiger partial charge in [-0.15, -0.1) is 13.0 Å². The van der Waals surface area contributed by atoms with Gasteiger partial charge in [0.1, 0.15) is 0 Å². The molecular formula is C8H13INORu. The molecule has 0 aromatic carbocycles. The minimum absolute atomic E-state index is 0. The second-order valence-electron chi connectivity index (χ2n) is 3.60. The largest absolute Gasteiger partial charge is 1.00 e. The van der Waals surface area contributed by atoms with Crippen LogP contribution in [0.3, 0.4) is 0 Å². The van der Waals surface area contributed by atoms with E-state index < -0.39 is 0 Å². The molecule has 0 bridgehead atoms. The van der Waals surface area contributed by atoms with Crippen molar-refractivity contribution in [1.82, 2.24) is 4.90 Å². The third kappa shape index (κ3) is 1.72. The average Bonchev–Trinajstić information content (AvgIpc) is 2.43. The summed E-state index contributed by atoms with van der Waals surface area (Å²) in [4.78, 5) is 2.44. The van der Waals surface area contributed by atoms with Gasteiger partial charge in [-0.05, 0) is 19.4 Å². The standard InChI is InChI=1S/C8H13INO.Ru/c9-7-4-8(6-11)2-1-3-10(8)5-7;/h11H,1-6H2;/q-1;+1. The number of nitrogens with zero attached hydrogens (tertiary/aromatic N) is 1. The molecule has 2 saturated heterocycles. The number of fused-ring (bicyclic) bond motifs is 1. The minimum Gasteiger partial charge on any atom is -0.395 e. The Labute approximate surface area is 100.0 Å². The van der Waals surface area contributed by atoms with E-state index in [1.54, 1.807) is 0 Å². The zero-order valence-corrected chi connectivity index (χ0v) is 10.8. The number of hydrogen-bond donors (Lipinski definition) is 1. The van der Waals surface area contributed by atoms with Crippen molar-refractivity contribution in [3.05, 3.63) is 3.92 Å². The van der Waals surface area contributed by atoms with Gasteiger partial charge in [0, 0.05) is 5.54 Å². The second-order valence-corrected chi connectivity index (χ2v) is 5.13. The van der Waals surface area contributed by atoms with E-state index in [0.29, 0.717) is 6.61 Å². The quantitative estimate of drug-likeness (QED) is 0.428. The van der Waals surface area contributed by atoms with Crippen molar-refractivity contribution in [2.75, 3.05) is 19.7 Å². The molecule has 0 aliphatic carbocycles. The molecule has 2 heterocycles. The van der Waals surface area contributed by atoms with Crippen molar-refractivity contribution < 1.29 is 24.6 Å². The fourth-order valence-corrected chi connectivity index (χ4v) is 3.42. The summed E-state index contributed by atoms with van der Waals surface area (Å²) in [5.74, 6) is 0. The van der Waals surface area contributed by atoms with Gasteiger partial charge in [-0.1, -0.05) is 0 Å². The van der Waals surface area contributed by atoms with E-state index in [1.807, 2.05) is 0 Å². The molecule has 1 N–H and O–H groups in total. The molecule has 0 amide bonds. The Morgan fingerprint density at radius 3 is 2.92 bits per heavy atom. The summed E-state index contributed by atoms with van der Waals surface area (Å²) in [5, 5.41) is 9.29. The molecule has 2 aliphatic heterocycles. The molecule has 1 unspecified atom stereocenters. The first-order valence-electron chi connectivity index (χ1n) is 4.13. The van der Waals surface area contributed by atoms with Gasteiger partial charge in [-0.2, -0.15) is 0 Å². The van der Waals surface area contributed by atoms with E-state index in [9.17, 15) is 5.11 Å². The molecule has 0 saturated carbocycles. The normalized spacial score (nSPS) is 36.5. The van der Waals surface area contributed by atoms with Gasteiger partial charge in [-0.25, -0.2) is 3.92 Å². The first-order valence-corrected chi connectivity index (χ1v) is 5.21. The van der Waals surface area contributed by atoms with E-state index in [0.717, 1.165) is 13.0 Å². The van der Waals surface area contributed by atoms with Crippen LogP contribution in [-0.4, -0.2) is 35.2 Å². The Morgan fingerprint density at radius 2 is 2.33 bits per heavy atom. The fourth-order valence-electron chi connectivity index (χ4n) is 2.30. The van der Waals surface area contributed by atoms with Gasteiger partial charge in [-0.3, -0.25) is 0 Å². The molecular weight excluding hydrogens is 354 g/mol. The van der Waals surface area contributed by atoms with Crippen LogP contribution in [0.25, 0.3) is 0 Å². The molecule has 2 aliphatic rings. The Balaban J connectivity index is 0.000000720. The van der Waals surface area contributed by atoms with E-state index >= 15 is 0 Å². The molecule has 1 radical (unpaired) electrons. The SMILES string of the molecule is OCC12CCCN1C[C-](I)C2.[Ru+]. The first-order chi connectivity index (χ1) is 5.27. The molecule has 2 rings (SSSR count). The molecule has 71 valence electrons. The first kappa shape index (κ1) is 11.3. The van der Waals surface area contributed by atoms with Crippen molar-refractivity contribution in [3.8, 4) is 0 Å². The monoisotopic (exact) mass is 368 g/mol. The molecule has 12 heavy (non-hydrogen) atoms. The Kier molecular flexibility index (Phi) is 3.97. The van der Waals surface area contributed by atoms with Gasteiger partial charge in [0.05, 0.1) is 6.61 Å². The number of halogens is 1. The van der Waals surface area contributed by atoms with E-state index in [4.69, 9.17) is 0 Å². The Hall–Kier alpha value is 1.27. The van der Waals surface area contributed by atoms with Crippen LogP contribution >= 0.6 is 22.6 Å². The number of aliphatic hydroxyl groups excluding tert-OH is 1. The zero-order valence-electron chi connectivity index (χ0n) is 6.87. The minimum atomic E-state index is 0. The third-order valence-electron chi connectivity index (χ3n) is 2.92.